The third-order valence-electron chi connectivity index (χ3n) is 4.75. The van der Waals surface area contributed by atoms with E-state index in [-0.39, 0.29) is 36.3 Å². The molecule has 0 aliphatic carbocycles. The molecule has 0 saturated carbocycles. The standard InChI is InChI=1S/C17H19F3N2O3/c18-17(19,20)11-4-5-15(16(8-11)24-7-6-21)25-14-9-12-2-1-3-13(10-14)22(12)23/h4-5,8,12-14,23H,1-3,7,9-10H2/t12-,13-/m1/s1. The summed E-state index contributed by atoms with van der Waals surface area (Å²) in [6.07, 6.45) is -0.703. The molecule has 2 saturated heterocycles. The first-order valence-electron chi connectivity index (χ1n) is 8.23. The average Bonchev–Trinajstić information content (AvgIpc) is 2.54. The zero-order valence-electron chi connectivity index (χ0n) is 13.5. The van der Waals surface area contributed by atoms with E-state index in [1.165, 1.54) is 11.1 Å². The van der Waals surface area contributed by atoms with E-state index in [1.807, 2.05) is 0 Å². The van der Waals surface area contributed by atoms with Crippen molar-refractivity contribution < 1.29 is 27.9 Å². The van der Waals surface area contributed by atoms with E-state index in [2.05, 4.69) is 0 Å². The number of hydrogen-bond donors (Lipinski definition) is 1. The molecule has 0 radical (unpaired) electrons. The Morgan fingerprint density at radius 3 is 2.48 bits per heavy atom. The number of ether oxygens (including phenoxy) is 2. The summed E-state index contributed by atoms with van der Waals surface area (Å²) in [4.78, 5) is 0. The number of rotatable bonds is 4. The molecule has 25 heavy (non-hydrogen) atoms. The van der Waals surface area contributed by atoms with Gasteiger partial charge in [0.2, 0.25) is 0 Å². The quantitative estimate of drug-likeness (QED) is 0.890. The third kappa shape index (κ3) is 3.99. The van der Waals surface area contributed by atoms with Crippen molar-refractivity contribution in [3.05, 3.63) is 23.8 Å². The average molecular weight is 356 g/mol. The van der Waals surface area contributed by atoms with Crippen molar-refractivity contribution in [2.45, 2.75) is 56.5 Å². The van der Waals surface area contributed by atoms with Crippen LogP contribution in [-0.2, 0) is 6.18 Å². The number of hydrogen-bond acceptors (Lipinski definition) is 5. The van der Waals surface area contributed by atoms with Crippen molar-refractivity contribution in [2.75, 3.05) is 6.61 Å². The lowest BCUT2D eigenvalue weighted by molar-refractivity contribution is -0.207. The molecular weight excluding hydrogens is 337 g/mol. The van der Waals surface area contributed by atoms with Crippen molar-refractivity contribution in [1.82, 2.24) is 5.06 Å². The van der Waals surface area contributed by atoms with Gasteiger partial charge in [0.05, 0.1) is 5.56 Å². The highest BCUT2D eigenvalue weighted by Gasteiger charge is 2.39. The Bertz CT molecular complexity index is 646. The summed E-state index contributed by atoms with van der Waals surface area (Å²) in [5.41, 5.74) is -0.852. The van der Waals surface area contributed by atoms with Crippen LogP contribution >= 0.6 is 0 Å². The van der Waals surface area contributed by atoms with Gasteiger partial charge in [0, 0.05) is 24.9 Å². The second kappa shape index (κ2) is 7.10. The second-order valence-electron chi connectivity index (χ2n) is 6.44. The summed E-state index contributed by atoms with van der Waals surface area (Å²) in [5.74, 6) is 0.102. The molecule has 8 heteroatoms. The van der Waals surface area contributed by atoms with Gasteiger partial charge in [-0.3, -0.25) is 0 Å². The molecule has 2 atom stereocenters. The molecule has 0 amide bonds. The lowest BCUT2D eigenvalue weighted by atomic mass is 9.85. The molecule has 1 aromatic rings. The predicted octanol–water partition coefficient (Wildman–Crippen LogP) is 3.76. The van der Waals surface area contributed by atoms with E-state index in [4.69, 9.17) is 14.7 Å². The fourth-order valence-electron chi connectivity index (χ4n) is 3.59. The molecule has 3 rings (SSSR count). The smallest absolute Gasteiger partial charge is 0.416 e. The van der Waals surface area contributed by atoms with Crippen LogP contribution in [0.25, 0.3) is 0 Å². The number of benzene rings is 1. The zero-order chi connectivity index (χ0) is 18.0. The highest BCUT2D eigenvalue weighted by Crippen LogP contribution is 2.39. The van der Waals surface area contributed by atoms with Gasteiger partial charge in [-0.25, -0.2) is 0 Å². The lowest BCUT2D eigenvalue weighted by Gasteiger charge is -2.44. The normalized spacial score (nSPS) is 26.8. The molecule has 2 bridgehead atoms. The molecule has 0 unspecified atom stereocenters. The van der Waals surface area contributed by atoms with E-state index < -0.39 is 11.7 Å². The Balaban J connectivity index is 1.78. The van der Waals surface area contributed by atoms with Gasteiger partial charge in [0.15, 0.2) is 18.1 Å². The summed E-state index contributed by atoms with van der Waals surface area (Å²) < 4.78 is 49.7. The Kier molecular flexibility index (Phi) is 5.06. The molecule has 136 valence electrons. The summed E-state index contributed by atoms with van der Waals surface area (Å²) in [5, 5.41) is 20.1. The van der Waals surface area contributed by atoms with Gasteiger partial charge in [-0.2, -0.15) is 23.5 Å². The minimum Gasteiger partial charge on any atom is -0.486 e. The van der Waals surface area contributed by atoms with Crippen LogP contribution in [0.15, 0.2) is 18.2 Å². The first-order chi connectivity index (χ1) is 11.9. The summed E-state index contributed by atoms with van der Waals surface area (Å²) in [7, 11) is 0. The highest BCUT2D eigenvalue weighted by molar-refractivity contribution is 5.44. The summed E-state index contributed by atoms with van der Waals surface area (Å²) in [6, 6.07) is 4.79. The fourth-order valence-corrected chi connectivity index (χ4v) is 3.59. The molecule has 0 spiro atoms. The molecule has 1 N–H and O–H groups in total. The Morgan fingerprint density at radius 2 is 1.88 bits per heavy atom. The van der Waals surface area contributed by atoms with Crippen LogP contribution in [0.4, 0.5) is 13.2 Å². The number of hydroxylamine groups is 2. The number of nitrogens with zero attached hydrogens (tertiary/aromatic N) is 2. The summed E-state index contributed by atoms with van der Waals surface area (Å²) >= 11 is 0. The largest absolute Gasteiger partial charge is 0.486 e. The number of nitriles is 1. The van der Waals surface area contributed by atoms with E-state index in [9.17, 15) is 18.4 Å². The Labute approximate surface area is 143 Å². The maximum atomic E-state index is 12.9. The molecule has 2 aliphatic rings. The molecular formula is C17H19F3N2O3. The van der Waals surface area contributed by atoms with E-state index in [0.717, 1.165) is 31.4 Å². The van der Waals surface area contributed by atoms with Gasteiger partial charge in [-0.15, -0.1) is 0 Å². The van der Waals surface area contributed by atoms with Crippen molar-refractivity contribution in [2.24, 2.45) is 0 Å². The third-order valence-corrected chi connectivity index (χ3v) is 4.75. The van der Waals surface area contributed by atoms with Gasteiger partial charge in [0.25, 0.3) is 0 Å². The van der Waals surface area contributed by atoms with E-state index in [0.29, 0.717) is 12.8 Å². The van der Waals surface area contributed by atoms with Crippen LogP contribution in [0.3, 0.4) is 0 Å². The Morgan fingerprint density at radius 1 is 1.20 bits per heavy atom. The molecule has 2 heterocycles. The van der Waals surface area contributed by atoms with E-state index >= 15 is 0 Å². The van der Waals surface area contributed by atoms with Gasteiger partial charge in [-0.05, 0) is 31.0 Å². The molecule has 5 nitrogen and oxygen atoms in total. The van der Waals surface area contributed by atoms with Crippen LogP contribution < -0.4 is 9.47 Å². The maximum absolute atomic E-state index is 12.9. The second-order valence-corrected chi connectivity index (χ2v) is 6.44. The molecule has 2 fully saturated rings. The lowest BCUT2D eigenvalue weighted by Crippen LogP contribution is -2.52. The maximum Gasteiger partial charge on any atom is 0.416 e. The van der Waals surface area contributed by atoms with Crippen LogP contribution in [0, 0.1) is 11.3 Å². The fraction of sp³-hybridized carbons (Fsp3) is 0.588. The minimum atomic E-state index is -4.50. The van der Waals surface area contributed by atoms with Crippen LogP contribution in [-0.4, -0.2) is 35.1 Å². The van der Waals surface area contributed by atoms with Crippen molar-refractivity contribution in [3.63, 3.8) is 0 Å². The van der Waals surface area contributed by atoms with Crippen LogP contribution in [0.1, 0.15) is 37.7 Å². The monoisotopic (exact) mass is 356 g/mol. The van der Waals surface area contributed by atoms with Gasteiger partial charge in [0.1, 0.15) is 12.2 Å². The molecule has 1 aromatic carbocycles. The van der Waals surface area contributed by atoms with Crippen molar-refractivity contribution >= 4 is 0 Å². The number of halogens is 3. The first kappa shape index (κ1) is 17.8. The van der Waals surface area contributed by atoms with Crippen LogP contribution in [0.2, 0.25) is 0 Å². The van der Waals surface area contributed by atoms with Gasteiger partial charge >= 0.3 is 6.18 Å². The molecule has 2 aliphatic heterocycles. The van der Waals surface area contributed by atoms with Crippen molar-refractivity contribution in [1.29, 1.82) is 5.26 Å². The Hall–Kier alpha value is -1.98. The predicted molar refractivity (Wildman–Crippen MR) is 81.3 cm³/mol. The zero-order valence-corrected chi connectivity index (χ0v) is 13.5. The SMILES string of the molecule is N#CCOc1cc(C(F)(F)F)ccc1OC1C[C@H]2CCC[C@H](C1)N2O. The molecule has 0 aromatic heterocycles. The van der Waals surface area contributed by atoms with E-state index in [1.54, 1.807) is 6.07 Å². The number of piperidine rings is 2. The minimum absolute atomic E-state index is 0.00965. The number of alkyl halides is 3. The first-order valence-corrected chi connectivity index (χ1v) is 8.23. The number of fused-ring (bicyclic) bond motifs is 2. The van der Waals surface area contributed by atoms with Crippen molar-refractivity contribution in [3.8, 4) is 17.6 Å². The van der Waals surface area contributed by atoms with Gasteiger partial charge < -0.3 is 14.7 Å². The highest BCUT2D eigenvalue weighted by atomic mass is 19.4. The van der Waals surface area contributed by atoms with Gasteiger partial charge in [-0.1, -0.05) is 6.42 Å². The summed E-state index contributed by atoms with van der Waals surface area (Å²) in [6.45, 7) is -0.363. The van der Waals surface area contributed by atoms with Crippen LogP contribution in [0.5, 0.6) is 11.5 Å². The topological polar surface area (TPSA) is 65.7 Å².